The van der Waals surface area contributed by atoms with E-state index in [1.807, 2.05) is 13.0 Å². The fourth-order valence-electron chi connectivity index (χ4n) is 2.16. The molecular weight excluding hydrogens is 309 g/mol. The van der Waals surface area contributed by atoms with Gasteiger partial charge in [0.25, 0.3) is 5.91 Å². The number of rotatable bonds is 4. The zero-order chi connectivity index (χ0) is 15.6. The predicted octanol–water partition coefficient (Wildman–Crippen LogP) is 4.68. The van der Waals surface area contributed by atoms with Gasteiger partial charge in [-0.05, 0) is 37.1 Å². The first-order valence-corrected chi connectivity index (χ1v) is 7.91. The van der Waals surface area contributed by atoms with Gasteiger partial charge in [-0.1, -0.05) is 24.6 Å². The van der Waals surface area contributed by atoms with Gasteiger partial charge < -0.3 is 4.90 Å². The van der Waals surface area contributed by atoms with E-state index in [1.54, 1.807) is 19.2 Å². The van der Waals surface area contributed by atoms with Crippen LogP contribution in [0, 0.1) is 12.7 Å². The summed E-state index contributed by atoms with van der Waals surface area (Å²) in [4.78, 5) is 15.7. The summed E-state index contributed by atoms with van der Waals surface area (Å²) in [6.45, 7) is 4.23. The highest BCUT2D eigenvalue weighted by molar-refractivity contribution is 7.14. The minimum atomic E-state index is -0.390. The topological polar surface area (TPSA) is 20.3 Å². The van der Waals surface area contributed by atoms with Crippen LogP contribution < -0.4 is 0 Å². The molecule has 2 aromatic rings. The van der Waals surface area contributed by atoms with Crippen molar-refractivity contribution in [3.8, 4) is 0 Å². The van der Waals surface area contributed by atoms with Crippen LogP contribution in [0.2, 0.25) is 5.02 Å². The van der Waals surface area contributed by atoms with E-state index in [-0.39, 0.29) is 12.5 Å². The number of carbonyl (C=O) groups is 1. The number of benzene rings is 1. The first-order valence-electron chi connectivity index (χ1n) is 6.71. The molecule has 0 aliphatic rings. The van der Waals surface area contributed by atoms with Gasteiger partial charge in [-0.15, -0.1) is 11.3 Å². The Morgan fingerprint density at radius 2 is 2.14 bits per heavy atom. The van der Waals surface area contributed by atoms with Crippen LogP contribution in [-0.2, 0) is 13.0 Å². The molecule has 5 heteroatoms. The molecule has 0 unspecified atom stereocenters. The maximum atomic E-state index is 13.8. The zero-order valence-electron chi connectivity index (χ0n) is 12.2. The number of aryl methyl sites for hydroxylation is 2. The monoisotopic (exact) mass is 325 g/mol. The van der Waals surface area contributed by atoms with E-state index >= 15 is 0 Å². The summed E-state index contributed by atoms with van der Waals surface area (Å²) in [6, 6.07) is 6.45. The lowest BCUT2D eigenvalue weighted by Gasteiger charge is -2.17. The van der Waals surface area contributed by atoms with E-state index in [2.05, 4.69) is 6.92 Å². The normalized spacial score (nSPS) is 10.7. The quantitative estimate of drug-likeness (QED) is 0.799. The average molecular weight is 326 g/mol. The summed E-state index contributed by atoms with van der Waals surface area (Å²) in [5.41, 5.74) is 1.53. The maximum Gasteiger partial charge on any atom is 0.263 e. The SMILES string of the molecule is CCc1cc(C(=O)N(C)Cc2c(F)cccc2Cl)sc1C. The molecule has 21 heavy (non-hydrogen) atoms. The van der Waals surface area contributed by atoms with Crippen molar-refractivity contribution < 1.29 is 9.18 Å². The zero-order valence-corrected chi connectivity index (χ0v) is 13.8. The van der Waals surface area contributed by atoms with Crippen LogP contribution >= 0.6 is 22.9 Å². The molecule has 0 radical (unpaired) electrons. The molecular formula is C16H17ClFNOS. The molecule has 1 heterocycles. The largest absolute Gasteiger partial charge is 0.337 e. The first-order chi connectivity index (χ1) is 9.93. The summed E-state index contributed by atoms with van der Waals surface area (Å²) in [6.07, 6.45) is 0.901. The molecule has 0 spiro atoms. The van der Waals surface area contributed by atoms with E-state index < -0.39 is 5.82 Å². The standard InChI is InChI=1S/C16H17ClFNOS/c1-4-11-8-15(21-10(11)2)16(20)19(3)9-12-13(17)6-5-7-14(12)18/h5-8H,4,9H2,1-3H3. The molecule has 0 aliphatic carbocycles. The Morgan fingerprint density at radius 3 is 2.71 bits per heavy atom. The van der Waals surface area contributed by atoms with Crippen molar-refractivity contribution in [2.24, 2.45) is 0 Å². The van der Waals surface area contributed by atoms with E-state index in [0.717, 1.165) is 11.3 Å². The molecule has 1 aromatic carbocycles. The van der Waals surface area contributed by atoms with Crippen molar-refractivity contribution in [1.82, 2.24) is 4.90 Å². The van der Waals surface area contributed by atoms with Gasteiger partial charge in [-0.25, -0.2) is 4.39 Å². The Balaban J connectivity index is 2.19. The summed E-state index contributed by atoms with van der Waals surface area (Å²) >= 11 is 7.48. The highest BCUT2D eigenvalue weighted by Crippen LogP contribution is 2.25. The number of hydrogen-bond donors (Lipinski definition) is 0. The smallest absolute Gasteiger partial charge is 0.263 e. The van der Waals surface area contributed by atoms with Crippen LogP contribution in [0.3, 0.4) is 0 Å². The van der Waals surface area contributed by atoms with Gasteiger partial charge in [0.2, 0.25) is 0 Å². The Kier molecular flexibility index (Phi) is 5.01. The average Bonchev–Trinajstić information content (AvgIpc) is 2.83. The second-order valence-electron chi connectivity index (χ2n) is 4.91. The van der Waals surface area contributed by atoms with Crippen molar-refractivity contribution in [3.63, 3.8) is 0 Å². The third-order valence-corrected chi connectivity index (χ3v) is 4.85. The fraction of sp³-hybridized carbons (Fsp3) is 0.312. The van der Waals surface area contributed by atoms with Crippen molar-refractivity contribution >= 4 is 28.8 Å². The van der Waals surface area contributed by atoms with Crippen LogP contribution in [0.15, 0.2) is 24.3 Å². The van der Waals surface area contributed by atoms with Crippen molar-refractivity contribution in [2.75, 3.05) is 7.05 Å². The van der Waals surface area contributed by atoms with Crippen LogP contribution in [-0.4, -0.2) is 17.9 Å². The number of amides is 1. The van der Waals surface area contributed by atoms with Gasteiger partial charge in [-0.2, -0.15) is 0 Å². The van der Waals surface area contributed by atoms with Gasteiger partial charge in [0.15, 0.2) is 0 Å². The molecule has 112 valence electrons. The summed E-state index contributed by atoms with van der Waals surface area (Å²) in [5, 5.41) is 0.339. The molecule has 0 N–H and O–H groups in total. The van der Waals surface area contributed by atoms with Crippen LogP contribution in [0.1, 0.15) is 32.6 Å². The molecule has 1 amide bonds. The number of nitrogens with zero attached hydrogens (tertiary/aromatic N) is 1. The highest BCUT2D eigenvalue weighted by Gasteiger charge is 2.18. The molecule has 0 bridgehead atoms. The Morgan fingerprint density at radius 1 is 1.43 bits per heavy atom. The number of hydrogen-bond acceptors (Lipinski definition) is 2. The fourth-order valence-corrected chi connectivity index (χ4v) is 3.49. The summed E-state index contributed by atoms with van der Waals surface area (Å²) in [7, 11) is 1.66. The van der Waals surface area contributed by atoms with E-state index in [0.29, 0.717) is 15.5 Å². The van der Waals surface area contributed by atoms with Crippen molar-refractivity contribution in [3.05, 3.63) is 56.0 Å². The van der Waals surface area contributed by atoms with Crippen LogP contribution in [0.4, 0.5) is 4.39 Å². The third-order valence-electron chi connectivity index (χ3n) is 3.42. The Bertz CT molecular complexity index is 648. The van der Waals surface area contributed by atoms with Gasteiger partial charge in [0.1, 0.15) is 5.82 Å². The number of thiophene rings is 1. The predicted molar refractivity (Wildman–Crippen MR) is 85.6 cm³/mol. The minimum Gasteiger partial charge on any atom is -0.337 e. The van der Waals surface area contributed by atoms with Gasteiger partial charge in [0, 0.05) is 22.5 Å². The lowest BCUT2D eigenvalue weighted by molar-refractivity contribution is 0.0788. The second-order valence-corrected chi connectivity index (χ2v) is 6.57. The first kappa shape index (κ1) is 16.0. The lowest BCUT2D eigenvalue weighted by Crippen LogP contribution is -2.26. The van der Waals surface area contributed by atoms with Crippen molar-refractivity contribution in [1.29, 1.82) is 0 Å². The molecule has 2 rings (SSSR count). The van der Waals surface area contributed by atoms with Gasteiger partial charge in [-0.3, -0.25) is 4.79 Å². The van der Waals surface area contributed by atoms with Crippen LogP contribution in [0.25, 0.3) is 0 Å². The number of carbonyl (C=O) groups excluding carboxylic acids is 1. The molecule has 0 aliphatic heterocycles. The molecule has 0 atom stereocenters. The van der Waals surface area contributed by atoms with Crippen LogP contribution in [0.5, 0.6) is 0 Å². The maximum absolute atomic E-state index is 13.8. The number of halogens is 2. The molecule has 2 nitrogen and oxygen atoms in total. The molecule has 1 aromatic heterocycles. The van der Waals surface area contributed by atoms with Gasteiger partial charge >= 0.3 is 0 Å². The molecule has 0 fully saturated rings. The Hall–Kier alpha value is -1.39. The Labute approximate surface area is 133 Å². The summed E-state index contributed by atoms with van der Waals surface area (Å²) < 4.78 is 13.8. The lowest BCUT2D eigenvalue weighted by atomic mass is 10.2. The third kappa shape index (κ3) is 3.44. The minimum absolute atomic E-state index is 0.109. The molecule has 0 saturated carbocycles. The molecule has 0 saturated heterocycles. The summed E-state index contributed by atoms with van der Waals surface area (Å²) in [5.74, 6) is -0.499. The van der Waals surface area contributed by atoms with Gasteiger partial charge in [0.05, 0.1) is 11.4 Å². The van der Waals surface area contributed by atoms with E-state index in [9.17, 15) is 9.18 Å². The van der Waals surface area contributed by atoms with Crippen molar-refractivity contribution in [2.45, 2.75) is 26.8 Å². The second kappa shape index (κ2) is 6.58. The van der Waals surface area contributed by atoms with E-state index in [4.69, 9.17) is 11.6 Å². The van der Waals surface area contributed by atoms with E-state index in [1.165, 1.54) is 27.9 Å². The highest BCUT2D eigenvalue weighted by atomic mass is 35.5.